The molecule has 4 atom stereocenters. The molecule has 3 aliphatic carbocycles. The first-order chi connectivity index (χ1) is 13.5. The van der Waals surface area contributed by atoms with Gasteiger partial charge in [0.05, 0.1) is 15.6 Å². The van der Waals surface area contributed by atoms with Crippen LogP contribution in [0.2, 0.25) is 10.0 Å². The van der Waals surface area contributed by atoms with Crippen LogP contribution in [0.3, 0.4) is 0 Å². The molecule has 144 valence electrons. The van der Waals surface area contributed by atoms with E-state index in [2.05, 4.69) is 13.0 Å². The van der Waals surface area contributed by atoms with Gasteiger partial charge in [0.15, 0.2) is 5.78 Å². The molecule has 0 aromatic heterocycles. The minimum atomic E-state index is -0.00733. The Labute approximate surface area is 175 Å². The second-order valence-electron chi connectivity index (χ2n) is 8.36. The number of rotatable bonds is 3. The van der Waals surface area contributed by atoms with Gasteiger partial charge in [0, 0.05) is 11.8 Å². The van der Waals surface area contributed by atoms with Gasteiger partial charge in [0.1, 0.15) is 5.76 Å². The summed E-state index contributed by atoms with van der Waals surface area (Å²) in [4.78, 5) is 13.3. The van der Waals surface area contributed by atoms with Crippen molar-refractivity contribution in [2.24, 2.45) is 23.7 Å². The molecule has 2 aromatic rings. The third-order valence-corrected chi connectivity index (χ3v) is 7.79. The Kier molecular flexibility index (Phi) is 4.33. The van der Waals surface area contributed by atoms with Gasteiger partial charge in [-0.1, -0.05) is 48.3 Å². The van der Waals surface area contributed by atoms with Crippen LogP contribution in [0.4, 0.5) is 0 Å². The summed E-state index contributed by atoms with van der Waals surface area (Å²) in [6, 6.07) is 11.7. The molecule has 0 spiro atoms. The van der Waals surface area contributed by atoms with Crippen molar-refractivity contribution in [1.29, 1.82) is 0 Å². The number of aliphatic hydroxyl groups is 1. The first kappa shape index (κ1) is 18.3. The second-order valence-corrected chi connectivity index (χ2v) is 9.18. The lowest BCUT2D eigenvalue weighted by Gasteiger charge is -2.23. The molecule has 0 saturated heterocycles. The summed E-state index contributed by atoms with van der Waals surface area (Å²) in [5.41, 5.74) is 4.45. The van der Waals surface area contributed by atoms with Gasteiger partial charge in [-0.3, -0.25) is 4.79 Å². The first-order valence-electron chi connectivity index (χ1n) is 10.1. The predicted molar refractivity (Wildman–Crippen MR) is 114 cm³/mol. The zero-order valence-electron chi connectivity index (χ0n) is 15.7. The summed E-state index contributed by atoms with van der Waals surface area (Å²) in [7, 11) is 0. The molecule has 5 rings (SSSR count). The average molecular weight is 413 g/mol. The van der Waals surface area contributed by atoms with Crippen molar-refractivity contribution in [2.75, 3.05) is 0 Å². The number of allylic oxidation sites excluding steroid dienone is 2. The van der Waals surface area contributed by atoms with E-state index in [0.717, 1.165) is 47.9 Å². The number of Topliss-reactive ketones (excluding diaryl/α,β-unsaturated/α-hetero) is 1. The molecular weight excluding hydrogens is 391 g/mol. The van der Waals surface area contributed by atoms with Gasteiger partial charge in [-0.05, 0) is 78.0 Å². The molecule has 4 heteroatoms. The van der Waals surface area contributed by atoms with E-state index in [1.807, 2.05) is 24.3 Å². The van der Waals surface area contributed by atoms with Gasteiger partial charge in [0.2, 0.25) is 0 Å². The van der Waals surface area contributed by atoms with Crippen LogP contribution in [-0.2, 0) is 11.2 Å². The monoisotopic (exact) mass is 412 g/mol. The number of carbonyl (C=O) groups is 1. The molecule has 1 N–H and O–H groups in total. The fraction of sp³-hybridized carbons (Fsp3) is 0.375. The van der Waals surface area contributed by atoms with E-state index in [9.17, 15) is 9.90 Å². The maximum absolute atomic E-state index is 13.3. The number of aryl methyl sites for hydroxylation is 1. The van der Waals surface area contributed by atoms with Gasteiger partial charge in [-0.2, -0.15) is 0 Å². The quantitative estimate of drug-likeness (QED) is 0.605. The SMILES string of the molecule is CCc1ccc(-c2ccc(Cl)c(Cl)c2)cc1C1=C(O)[C@H]2[C@H]3CC[C@H](C3)[C@H]2C1=O. The normalized spacial score (nSPS) is 28.3. The molecule has 0 aliphatic heterocycles. The Bertz CT molecular complexity index is 1020. The molecule has 2 aromatic carbocycles. The largest absolute Gasteiger partial charge is 0.511 e. The third-order valence-electron chi connectivity index (χ3n) is 7.05. The maximum atomic E-state index is 13.3. The number of fused-ring (bicyclic) bond motifs is 5. The minimum absolute atomic E-state index is 0.00733. The highest BCUT2D eigenvalue weighted by atomic mass is 35.5. The van der Waals surface area contributed by atoms with E-state index in [-0.39, 0.29) is 17.6 Å². The van der Waals surface area contributed by atoms with Crippen molar-refractivity contribution in [1.82, 2.24) is 0 Å². The van der Waals surface area contributed by atoms with Crippen molar-refractivity contribution in [2.45, 2.75) is 32.6 Å². The summed E-state index contributed by atoms with van der Waals surface area (Å²) in [6.07, 6.45) is 4.17. The predicted octanol–water partition coefficient (Wildman–Crippen LogP) is 6.74. The number of aliphatic hydroxyl groups excluding tert-OH is 1. The fourth-order valence-electron chi connectivity index (χ4n) is 5.77. The summed E-state index contributed by atoms with van der Waals surface area (Å²) in [5.74, 6) is 1.44. The van der Waals surface area contributed by atoms with Crippen molar-refractivity contribution >= 4 is 34.6 Å². The van der Waals surface area contributed by atoms with E-state index in [1.54, 1.807) is 6.07 Å². The van der Waals surface area contributed by atoms with E-state index in [1.165, 1.54) is 0 Å². The number of carbonyl (C=O) groups excluding carboxylic acids is 1. The first-order valence-corrected chi connectivity index (χ1v) is 10.8. The Morgan fingerprint density at radius 1 is 0.964 bits per heavy atom. The van der Waals surface area contributed by atoms with Crippen LogP contribution < -0.4 is 0 Å². The molecular formula is C24H22Cl2O2. The van der Waals surface area contributed by atoms with Crippen LogP contribution in [0.5, 0.6) is 0 Å². The summed E-state index contributed by atoms with van der Waals surface area (Å²) >= 11 is 12.3. The molecule has 2 saturated carbocycles. The molecule has 2 nitrogen and oxygen atoms in total. The molecule has 0 radical (unpaired) electrons. The molecule has 0 unspecified atom stereocenters. The van der Waals surface area contributed by atoms with Gasteiger partial charge < -0.3 is 5.11 Å². The summed E-state index contributed by atoms with van der Waals surface area (Å²) in [6.45, 7) is 2.08. The number of benzene rings is 2. The second kappa shape index (κ2) is 6.64. The summed E-state index contributed by atoms with van der Waals surface area (Å²) < 4.78 is 0. The highest BCUT2D eigenvalue weighted by Gasteiger charge is 2.57. The van der Waals surface area contributed by atoms with Crippen LogP contribution in [0.1, 0.15) is 37.3 Å². The Balaban J connectivity index is 1.63. The molecule has 0 amide bonds. The number of ketones is 1. The molecule has 2 bridgehead atoms. The van der Waals surface area contributed by atoms with Crippen molar-refractivity contribution in [3.05, 3.63) is 63.3 Å². The fourth-order valence-corrected chi connectivity index (χ4v) is 6.06. The number of hydrogen-bond acceptors (Lipinski definition) is 2. The third kappa shape index (κ3) is 2.58. The lowest BCUT2D eigenvalue weighted by Crippen LogP contribution is -2.24. The zero-order valence-corrected chi connectivity index (χ0v) is 17.2. The number of halogens is 2. The molecule has 2 fully saturated rings. The van der Waals surface area contributed by atoms with Crippen LogP contribution in [0, 0.1) is 23.7 Å². The highest BCUT2D eigenvalue weighted by molar-refractivity contribution is 6.42. The van der Waals surface area contributed by atoms with Crippen molar-refractivity contribution in [3.8, 4) is 11.1 Å². The average Bonchev–Trinajstić information content (AvgIpc) is 3.37. The Morgan fingerprint density at radius 3 is 2.32 bits per heavy atom. The molecule has 3 aliphatic rings. The van der Waals surface area contributed by atoms with Crippen LogP contribution >= 0.6 is 23.2 Å². The molecule has 28 heavy (non-hydrogen) atoms. The smallest absolute Gasteiger partial charge is 0.170 e. The van der Waals surface area contributed by atoms with Gasteiger partial charge in [-0.15, -0.1) is 0 Å². The lowest BCUT2D eigenvalue weighted by atomic mass is 9.80. The lowest BCUT2D eigenvalue weighted by molar-refractivity contribution is -0.118. The van der Waals surface area contributed by atoms with E-state index in [0.29, 0.717) is 33.2 Å². The Morgan fingerprint density at radius 2 is 1.64 bits per heavy atom. The van der Waals surface area contributed by atoms with Gasteiger partial charge in [-0.25, -0.2) is 0 Å². The standard InChI is InChI=1S/C24H22Cl2O2/c1-2-12-3-4-13(14-7-8-18(25)19(26)11-14)10-17(12)22-23(27)20-15-5-6-16(9-15)21(20)24(22)28/h3-4,7-8,10-11,15-16,20-21,27H,2,5-6,9H2,1H3/t15-,16+,20-,21+/m0/s1. The summed E-state index contributed by atoms with van der Waals surface area (Å²) in [5, 5.41) is 12.1. The zero-order chi connectivity index (χ0) is 19.6. The van der Waals surface area contributed by atoms with Crippen molar-refractivity contribution < 1.29 is 9.90 Å². The van der Waals surface area contributed by atoms with E-state index in [4.69, 9.17) is 23.2 Å². The van der Waals surface area contributed by atoms with Crippen molar-refractivity contribution in [3.63, 3.8) is 0 Å². The van der Waals surface area contributed by atoms with Gasteiger partial charge in [0.25, 0.3) is 0 Å². The minimum Gasteiger partial charge on any atom is -0.511 e. The highest BCUT2D eigenvalue weighted by Crippen LogP contribution is 2.60. The topological polar surface area (TPSA) is 37.3 Å². The van der Waals surface area contributed by atoms with Crippen LogP contribution in [-0.4, -0.2) is 10.9 Å². The molecule has 0 heterocycles. The van der Waals surface area contributed by atoms with E-state index < -0.39 is 0 Å². The van der Waals surface area contributed by atoms with E-state index >= 15 is 0 Å². The Hall–Kier alpha value is -1.77. The number of hydrogen-bond donors (Lipinski definition) is 1. The van der Waals surface area contributed by atoms with Crippen LogP contribution in [0.15, 0.2) is 42.2 Å². The van der Waals surface area contributed by atoms with Crippen LogP contribution in [0.25, 0.3) is 16.7 Å². The maximum Gasteiger partial charge on any atom is 0.170 e. The van der Waals surface area contributed by atoms with Gasteiger partial charge >= 0.3 is 0 Å².